The van der Waals surface area contributed by atoms with Gasteiger partial charge in [0.05, 0.1) is 19.1 Å². The van der Waals surface area contributed by atoms with E-state index in [1.807, 2.05) is 0 Å². The second-order valence-corrected chi connectivity index (χ2v) is 5.18. The first-order valence-corrected chi connectivity index (χ1v) is 6.81. The fraction of sp³-hybridized carbons (Fsp3) is 0.375. The molecule has 0 aliphatic heterocycles. The summed E-state index contributed by atoms with van der Waals surface area (Å²) >= 11 is 0. The largest absolute Gasteiger partial charge is 0.467 e. The van der Waals surface area contributed by atoms with Crippen LogP contribution in [-0.4, -0.2) is 25.0 Å². The molecular weight excluding hydrogens is 311 g/mol. The Morgan fingerprint density at radius 2 is 1.83 bits per heavy atom. The van der Waals surface area contributed by atoms with E-state index < -0.39 is 29.7 Å². The molecule has 0 aliphatic rings. The van der Waals surface area contributed by atoms with Crippen LogP contribution in [-0.2, 0) is 26.9 Å². The van der Waals surface area contributed by atoms with Crippen LogP contribution in [0.4, 0.5) is 13.2 Å². The van der Waals surface area contributed by atoms with Gasteiger partial charge in [0.2, 0.25) is 5.91 Å². The SMILES string of the molecule is C=C(C)C[C@@H](NC(=O)Cc1ccc(C(F)(F)F)cc1)C(=O)OC. The second kappa shape index (κ2) is 7.80. The number of rotatable bonds is 6. The van der Waals surface area contributed by atoms with Gasteiger partial charge in [0.15, 0.2) is 0 Å². The number of hydrogen-bond acceptors (Lipinski definition) is 3. The number of hydrogen-bond donors (Lipinski definition) is 1. The molecule has 0 aromatic heterocycles. The molecule has 0 spiro atoms. The second-order valence-electron chi connectivity index (χ2n) is 5.18. The third-order valence-electron chi connectivity index (χ3n) is 3.02. The Kier molecular flexibility index (Phi) is 6.36. The van der Waals surface area contributed by atoms with Crippen molar-refractivity contribution in [2.75, 3.05) is 7.11 Å². The van der Waals surface area contributed by atoms with Gasteiger partial charge in [-0.25, -0.2) is 4.79 Å². The zero-order valence-electron chi connectivity index (χ0n) is 12.9. The molecule has 0 aliphatic carbocycles. The summed E-state index contributed by atoms with van der Waals surface area (Å²) in [6.07, 6.45) is -4.33. The van der Waals surface area contributed by atoms with Gasteiger partial charge in [-0.15, -0.1) is 6.58 Å². The lowest BCUT2D eigenvalue weighted by Crippen LogP contribution is -2.42. The van der Waals surface area contributed by atoms with Crippen LogP contribution < -0.4 is 5.32 Å². The van der Waals surface area contributed by atoms with Crippen molar-refractivity contribution in [3.63, 3.8) is 0 Å². The molecule has 1 aromatic rings. The van der Waals surface area contributed by atoms with E-state index in [9.17, 15) is 22.8 Å². The maximum Gasteiger partial charge on any atom is 0.416 e. The van der Waals surface area contributed by atoms with Gasteiger partial charge in [-0.2, -0.15) is 13.2 Å². The van der Waals surface area contributed by atoms with E-state index in [1.165, 1.54) is 19.2 Å². The van der Waals surface area contributed by atoms with Gasteiger partial charge in [-0.05, 0) is 31.0 Å². The van der Waals surface area contributed by atoms with E-state index in [-0.39, 0.29) is 12.8 Å². The highest BCUT2D eigenvalue weighted by molar-refractivity contribution is 5.85. The number of ether oxygens (including phenoxy) is 1. The van der Waals surface area contributed by atoms with Gasteiger partial charge >= 0.3 is 12.1 Å². The van der Waals surface area contributed by atoms with E-state index in [0.717, 1.165) is 12.1 Å². The highest BCUT2D eigenvalue weighted by Gasteiger charge is 2.30. The molecule has 0 heterocycles. The van der Waals surface area contributed by atoms with Gasteiger partial charge in [0, 0.05) is 0 Å². The fourth-order valence-electron chi connectivity index (χ4n) is 1.93. The minimum atomic E-state index is -4.42. The van der Waals surface area contributed by atoms with Crippen LogP contribution in [0, 0.1) is 0 Å². The van der Waals surface area contributed by atoms with Crippen LogP contribution in [0.3, 0.4) is 0 Å². The molecule has 0 saturated heterocycles. The summed E-state index contributed by atoms with van der Waals surface area (Å²) in [5, 5.41) is 2.50. The number of nitrogens with one attached hydrogen (secondary N) is 1. The van der Waals surface area contributed by atoms with Crippen molar-refractivity contribution in [2.24, 2.45) is 0 Å². The van der Waals surface area contributed by atoms with E-state index in [0.29, 0.717) is 11.1 Å². The Morgan fingerprint density at radius 3 is 2.26 bits per heavy atom. The average Bonchev–Trinajstić information content (AvgIpc) is 2.44. The van der Waals surface area contributed by atoms with Crippen molar-refractivity contribution < 1.29 is 27.5 Å². The van der Waals surface area contributed by atoms with Crippen molar-refractivity contribution in [1.29, 1.82) is 0 Å². The third-order valence-corrected chi connectivity index (χ3v) is 3.02. The molecule has 1 rings (SSSR count). The van der Waals surface area contributed by atoms with Crippen LogP contribution >= 0.6 is 0 Å². The van der Waals surface area contributed by atoms with Gasteiger partial charge < -0.3 is 10.1 Å². The molecule has 4 nitrogen and oxygen atoms in total. The van der Waals surface area contributed by atoms with E-state index in [2.05, 4.69) is 16.6 Å². The first-order chi connectivity index (χ1) is 10.6. The standard InChI is InChI=1S/C16H18F3NO3/c1-10(2)8-13(15(22)23-3)20-14(21)9-11-4-6-12(7-5-11)16(17,18)19/h4-7,13H,1,8-9H2,2-3H3,(H,20,21)/t13-/m1/s1. The van der Waals surface area contributed by atoms with Crippen molar-refractivity contribution >= 4 is 11.9 Å². The molecule has 126 valence electrons. The Bertz CT molecular complexity index is 579. The molecular formula is C16H18F3NO3. The summed E-state index contributed by atoms with van der Waals surface area (Å²) in [5.41, 5.74) is 0.320. The van der Waals surface area contributed by atoms with Crippen molar-refractivity contribution in [2.45, 2.75) is 32.0 Å². The molecule has 0 bridgehead atoms. The number of carbonyl (C=O) groups excluding carboxylic acids is 2. The topological polar surface area (TPSA) is 55.4 Å². The van der Waals surface area contributed by atoms with E-state index in [4.69, 9.17) is 0 Å². The molecule has 0 saturated carbocycles. The number of benzene rings is 1. The zero-order chi connectivity index (χ0) is 17.6. The number of methoxy groups -OCH3 is 1. The summed E-state index contributed by atoms with van der Waals surface area (Å²) in [6, 6.07) is 3.42. The maximum atomic E-state index is 12.5. The van der Waals surface area contributed by atoms with Gasteiger partial charge in [-0.1, -0.05) is 17.7 Å². The quantitative estimate of drug-likeness (QED) is 0.645. The minimum absolute atomic E-state index is 0.137. The van der Waals surface area contributed by atoms with E-state index in [1.54, 1.807) is 6.92 Å². The normalized spacial score (nSPS) is 12.4. The number of esters is 1. The Morgan fingerprint density at radius 1 is 1.26 bits per heavy atom. The molecule has 1 amide bonds. The lowest BCUT2D eigenvalue weighted by Gasteiger charge is -2.16. The average molecular weight is 329 g/mol. The first kappa shape index (κ1) is 18.7. The van der Waals surface area contributed by atoms with Crippen LogP contribution in [0.1, 0.15) is 24.5 Å². The van der Waals surface area contributed by atoms with Crippen LogP contribution in [0.2, 0.25) is 0 Å². The summed E-state index contributed by atoms with van der Waals surface area (Å²) < 4.78 is 42.0. The molecule has 0 unspecified atom stereocenters. The monoisotopic (exact) mass is 329 g/mol. The summed E-state index contributed by atoms with van der Waals surface area (Å²) in [4.78, 5) is 23.5. The molecule has 0 fully saturated rings. The minimum Gasteiger partial charge on any atom is -0.467 e. The smallest absolute Gasteiger partial charge is 0.416 e. The predicted molar refractivity (Wildman–Crippen MR) is 78.5 cm³/mol. The molecule has 0 radical (unpaired) electrons. The lowest BCUT2D eigenvalue weighted by molar-refractivity contribution is -0.145. The molecule has 1 N–H and O–H groups in total. The highest BCUT2D eigenvalue weighted by Crippen LogP contribution is 2.29. The number of alkyl halides is 3. The van der Waals surface area contributed by atoms with Crippen LogP contribution in [0.25, 0.3) is 0 Å². The third kappa shape index (κ3) is 6.14. The number of carbonyl (C=O) groups is 2. The van der Waals surface area contributed by atoms with Crippen LogP contribution in [0.15, 0.2) is 36.4 Å². The van der Waals surface area contributed by atoms with Gasteiger partial charge in [0.1, 0.15) is 6.04 Å². The molecule has 23 heavy (non-hydrogen) atoms. The predicted octanol–water partition coefficient (Wildman–Crippen LogP) is 2.87. The first-order valence-electron chi connectivity index (χ1n) is 6.81. The molecule has 1 atom stereocenters. The van der Waals surface area contributed by atoms with Gasteiger partial charge in [-0.3, -0.25) is 4.79 Å². The zero-order valence-corrected chi connectivity index (χ0v) is 12.9. The Hall–Kier alpha value is -2.31. The highest BCUT2D eigenvalue weighted by atomic mass is 19.4. The lowest BCUT2D eigenvalue weighted by atomic mass is 10.1. The van der Waals surface area contributed by atoms with Crippen molar-refractivity contribution in [3.8, 4) is 0 Å². The maximum absolute atomic E-state index is 12.5. The van der Waals surface area contributed by atoms with Crippen molar-refractivity contribution in [3.05, 3.63) is 47.5 Å². The summed E-state index contributed by atoms with van der Waals surface area (Å²) in [6.45, 7) is 5.38. The number of halogens is 3. The van der Waals surface area contributed by atoms with E-state index >= 15 is 0 Å². The summed E-state index contributed by atoms with van der Waals surface area (Å²) in [7, 11) is 1.20. The molecule has 1 aromatic carbocycles. The van der Waals surface area contributed by atoms with Gasteiger partial charge in [0.25, 0.3) is 0 Å². The van der Waals surface area contributed by atoms with Crippen LogP contribution in [0.5, 0.6) is 0 Å². The summed E-state index contributed by atoms with van der Waals surface area (Å²) in [5.74, 6) is -1.09. The number of amides is 1. The molecule has 7 heteroatoms. The fourth-order valence-corrected chi connectivity index (χ4v) is 1.93. The Balaban J connectivity index is 2.70. The Labute approximate surface area is 132 Å². The van der Waals surface area contributed by atoms with Crippen molar-refractivity contribution in [1.82, 2.24) is 5.32 Å².